The number of thioether (sulfide) groups is 1. The van der Waals surface area contributed by atoms with Crippen LogP contribution in [0.2, 0.25) is 5.02 Å². The highest BCUT2D eigenvalue weighted by atomic mass is 35.5. The molecule has 4 aliphatic heterocycles. The number of morpholine rings is 1. The van der Waals surface area contributed by atoms with E-state index in [0.29, 0.717) is 80.6 Å². The van der Waals surface area contributed by atoms with Crippen LogP contribution in [-0.4, -0.2) is 161 Å². The molecule has 1 aliphatic carbocycles. The number of carbonyl (C=O) groups excluding carboxylic acids is 6. The molecule has 3 saturated heterocycles. The maximum Gasteiger partial charge on any atom is 0.501 e. The van der Waals surface area contributed by atoms with E-state index >= 15 is 0 Å². The van der Waals surface area contributed by atoms with E-state index < -0.39 is 55.8 Å². The predicted molar refractivity (Wildman–Crippen MR) is 346 cm³/mol. The number of unbranched alkanes of at least 4 members (excludes halogenated alkanes) is 2. The van der Waals surface area contributed by atoms with Gasteiger partial charge in [-0.15, -0.1) is 11.8 Å². The van der Waals surface area contributed by atoms with Gasteiger partial charge >= 0.3 is 5.51 Å². The number of rotatable bonds is 26. The average Bonchev–Trinajstić information content (AvgIpc) is 1.69. The zero-order valence-electron chi connectivity index (χ0n) is 50.9. The Morgan fingerprint density at radius 2 is 1.56 bits per heavy atom. The molecule has 5 aliphatic rings. The van der Waals surface area contributed by atoms with Gasteiger partial charge in [-0.05, 0) is 140 Å². The SMILES string of the molecule is CC1(CNC(=O)CCCCCNc2cccc3c2C(=O)N(C2CCC(=O)NC2=O)C3=O)CCC(c2ccc(Cl)cc2)=C(CN2CCN(c3ccc(C(=O)NCc4ccc(N[C@H](CCN5CCOCC5)CSc5ccccc5)c(S(=O)(=O)C(F)(F)F)c4)cc3)CC2)C1. The molecule has 0 bridgehead atoms. The Balaban J connectivity index is 0.693. The normalized spacial score (nSPS) is 19.7. The summed E-state index contributed by atoms with van der Waals surface area (Å²) in [5, 5.41) is 15.3. The number of nitrogens with one attached hydrogen (secondary N) is 5. The number of sulfone groups is 1. The van der Waals surface area contributed by atoms with Gasteiger partial charge in [-0.25, -0.2) is 8.42 Å². The fourth-order valence-electron chi connectivity index (χ4n) is 12.5. The zero-order chi connectivity index (χ0) is 64.3. The lowest BCUT2D eigenvalue weighted by atomic mass is 9.71. The van der Waals surface area contributed by atoms with Gasteiger partial charge in [-0.3, -0.25) is 48.8 Å². The fourth-order valence-corrected chi connectivity index (χ4v) is 14.6. The number of carbonyl (C=O) groups is 6. The van der Waals surface area contributed by atoms with Crippen molar-refractivity contribution in [2.24, 2.45) is 5.41 Å². The van der Waals surface area contributed by atoms with E-state index in [1.807, 2.05) is 54.6 Å². The third-order valence-electron chi connectivity index (χ3n) is 17.6. The number of fused-ring (bicyclic) bond motifs is 1. The second kappa shape index (κ2) is 30.0. The van der Waals surface area contributed by atoms with E-state index in [1.54, 1.807) is 30.3 Å². The van der Waals surface area contributed by atoms with Crippen LogP contribution in [0.1, 0.15) is 113 Å². The van der Waals surface area contributed by atoms with Gasteiger partial charge in [0, 0.05) is 123 Å². The van der Waals surface area contributed by atoms with Crippen LogP contribution >= 0.6 is 23.4 Å². The molecule has 3 atom stereocenters. The van der Waals surface area contributed by atoms with Crippen molar-refractivity contribution >= 4 is 91.3 Å². The number of nitrogens with zero attached hydrogens (tertiary/aromatic N) is 4. The molecular formula is C67H77ClF3N9O9S2. The van der Waals surface area contributed by atoms with Crippen LogP contribution in [0.3, 0.4) is 0 Å². The van der Waals surface area contributed by atoms with Gasteiger partial charge in [-0.1, -0.05) is 73.0 Å². The molecule has 5 N–H and O–H groups in total. The summed E-state index contributed by atoms with van der Waals surface area (Å²) in [5.74, 6) is -2.25. The molecule has 4 heterocycles. The summed E-state index contributed by atoms with van der Waals surface area (Å²) < 4.78 is 74.7. The molecule has 3 fully saturated rings. The molecule has 5 aromatic carbocycles. The summed E-state index contributed by atoms with van der Waals surface area (Å²) >= 11 is 7.86. The number of amides is 6. The summed E-state index contributed by atoms with van der Waals surface area (Å²) in [5.41, 5.74) is 0.212. The Kier molecular flexibility index (Phi) is 22.0. The van der Waals surface area contributed by atoms with Crippen molar-refractivity contribution in [2.75, 3.05) is 99.9 Å². The van der Waals surface area contributed by atoms with Crippen molar-refractivity contribution in [1.82, 2.24) is 30.7 Å². The minimum atomic E-state index is -5.79. The lowest BCUT2D eigenvalue weighted by Gasteiger charge is -2.41. The van der Waals surface area contributed by atoms with Crippen LogP contribution in [0.25, 0.3) is 5.57 Å². The topological polar surface area (TPSA) is 219 Å². The first-order valence-corrected chi connectivity index (χ1v) is 33.9. The van der Waals surface area contributed by atoms with Crippen LogP contribution in [0.5, 0.6) is 0 Å². The lowest BCUT2D eigenvalue weighted by Crippen LogP contribution is -2.54. The van der Waals surface area contributed by atoms with Crippen LogP contribution in [0.4, 0.5) is 30.2 Å². The van der Waals surface area contributed by atoms with Crippen molar-refractivity contribution in [3.05, 3.63) is 154 Å². The molecule has 91 heavy (non-hydrogen) atoms. The second-order valence-electron chi connectivity index (χ2n) is 24.2. The number of piperidine rings is 1. The smallest absolute Gasteiger partial charge is 0.384 e. The summed E-state index contributed by atoms with van der Waals surface area (Å²) in [6, 6.07) is 32.1. The number of hydrogen-bond donors (Lipinski definition) is 5. The minimum absolute atomic E-state index is 0.0177. The highest BCUT2D eigenvalue weighted by Crippen LogP contribution is 2.44. The molecule has 24 heteroatoms. The van der Waals surface area contributed by atoms with E-state index in [9.17, 15) is 50.4 Å². The maximum atomic E-state index is 14.3. The fraction of sp³-hybridized carbons (Fsp3) is 0.433. The van der Waals surface area contributed by atoms with E-state index in [0.717, 1.165) is 98.6 Å². The largest absolute Gasteiger partial charge is 0.501 e. The summed E-state index contributed by atoms with van der Waals surface area (Å²) in [6.45, 7) is 10.1. The molecule has 2 unspecified atom stereocenters. The molecule has 0 spiro atoms. The molecule has 0 saturated carbocycles. The molecular weight excluding hydrogens is 1230 g/mol. The Morgan fingerprint density at radius 3 is 2.29 bits per heavy atom. The number of benzene rings is 5. The molecule has 484 valence electrons. The van der Waals surface area contributed by atoms with Gasteiger partial charge in [0.15, 0.2) is 0 Å². The highest BCUT2D eigenvalue weighted by molar-refractivity contribution is 7.99. The van der Waals surface area contributed by atoms with Crippen LogP contribution in [0.15, 0.2) is 131 Å². The number of anilines is 3. The second-order valence-corrected chi connectivity index (χ2v) is 27.7. The number of ether oxygens (including phenoxy) is 1. The van der Waals surface area contributed by atoms with Crippen molar-refractivity contribution in [3.8, 4) is 0 Å². The van der Waals surface area contributed by atoms with E-state index in [2.05, 4.69) is 60.3 Å². The van der Waals surface area contributed by atoms with Crippen LogP contribution in [0, 0.1) is 5.41 Å². The molecule has 18 nitrogen and oxygen atoms in total. The van der Waals surface area contributed by atoms with Crippen molar-refractivity contribution in [1.29, 1.82) is 0 Å². The van der Waals surface area contributed by atoms with Gasteiger partial charge in [-0.2, -0.15) is 13.2 Å². The minimum Gasteiger partial charge on any atom is -0.384 e. The lowest BCUT2D eigenvalue weighted by molar-refractivity contribution is -0.136. The zero-order valence-corrected chi connectivity index (χ0v) is 53.3. The third-order valence-corrected chi connectivity index (χ3v) is 20.6. The van der Waals surface area contributed by atoms with Crippen molar-refractivity contribution in [3.63, 3.8) is 0 Å². The van der Waals surface area contributed by atoms with Gasteiger partial charge in [0.2, 0.25) is 17.7 Å². The van der Waals surface area contributed by atoms with Gasteiger partial charge in [0.1, 0.15) is 6.04 Å². The van der Waals surface area contributed by atoms with Crippen molar-refractivity contribution in [2.45, 2.75) is 105 Å². The number of allylic oxidation sites excluding steroid dienone is 1. The monoisotopic (exact) mass is 1310 g/mol. The Bertz CT molecular complexity index is 3610. The van der Waals surface area contributed by atoms with Crippen LogP contribution < -0.4 is 31.5 Å². The number of alkyl halides is 3. The summed E-state index contributed by atoms with van der Waals surface area (Å²) in [4.78, 5) is 85.8. The summed E-state index contributed by atoms with van der Waals surface area (Å²) in [7, 11) is -5.79. The first-order valence-electron chi connectivity index (χ1n) is 31.1. The number of piperazine rings is 1. The standard InChI is InChI=1S/C67H77ClF3N9O9S2/c1-66(44-74-59(81)13-6-3-7-29-72-56-12-8-11-54-61(56)65(86)80(64(54)85)57-24-25-60(82)76-63(57)84)28-26-53(46-15-19-49(68)20-16-46)48(40-66)42-78-31-33-79(34-32-78)51-21-17-47(18-22-51)62(83)73-41-45-14-23-55(58(39-45)91(87,88)67(69,70)71)75-50(27-30-77-35-37-89-38-36-77)43-90-52-9-4-2-5-10-52/h2,4-5,8-12,14-23,39,50,57,72,75H,3,6-7,13,24-38,40-44H2,1H3,(H,73,83)(H,74,81)(H,76,82,84)/t50-,57?,66?/m1/s1. The van der Waals surface area contributed by atoms with Gasteiger partial charge in [0.25, 0.3) is 27.6 Å². The van der Waals surface area contributed by atoms with Gasteiger partial charge < -0.3 is 30.9 Å². The predicted octanol–water partition coefficient (Wildman–Crippen LogP) is 9.81. The average molecular weight is 1310 g/mol. The van der Waals surface area contributed by atoms with E-state index in [4.69, 9.17) is 16.3 Å². The molecule has 6 amide bonds. The molecule has 0 aromatic heterocycles. The Hall–Kier alpha value is -7.28. The van der Waals surface area contributed by atoms with E-state index in [-0.39, 0.29) is 59.1 Å². The molecule has 0 radical (unpaired) electrons. The molecule has 10 rings (SSSR count). The first-order chi connectivity index (χ1) is 43.7. The molecule has 5 aromatic rings. The number of halogens is 4. The van der Waals surface area contributed by atoms with Gasteiger partial charge in [0.05, 0.1) is 34.9 Å². The highest BCUT2D eigenvalue weighted by Gasteiger charge is 2.49. The number of imide groups is 2. The Morgan fingerprint density at radius 1 is 0.813 bits per heavy atom. The quantitative estimate of drug-likeness (QED) is 0.0198. The third kappa shape index (κ3) is 16.9. The maximum absolute atomic E-state index is 14.3. The van der Waals surface area contributed by atoms with Crippen LogP contribution in [-0.2, 0) is 35.5 Å². The first kappa shape index (κ1) is 66.6. The Labute approximate surface area is 538 Å². The van der Waals surface area contributed by atoms with E-state index in [1.165, 1.54) is 35.0 Å². The van der Waals surface area contributed by atoms with Crippen molar-refractivity contribution < 1.29 is 55.1 Å². The number of hydrogen-bond acceptors (Lipinski definition) is 15. The summed E-state index contributed by atoms with van der Waals surface area (Å²) in [6.07, 6.45) is 5.66.